The molecule has 3 aliphatic carbocycles. The van der Waals surface area contributed by atoms with E-state index in [9.17, 15) is 24.9 Å². The van der Waals surface area contributed by atoms with Crippen LogP contribution in [0, 0.1) is 39.4 Å². The van der Waals surface area contributed by atoms with Gasteiger partial charge in [-0.25, -0.2) is 0 Å². The lowest BCUT2D eigenvalue weighted by Gasteiger charge is -2.71. The zero-order valence-electron chi connectivity index (χ0n) is 24.9. The first kappa shape index (κ1) is 29.8. The molecule has 3 N–H and O–H groups in total. The van der Waals surface area contributed by atoms with Crippen LogP contribution >= 0.6 is 0 Å². The minimum atomic E-state index is -1.00. The number of carboxylic acids is 1. The Morgan fingerprint density at radius 3 is 2.11 bits per heavy atom. The normalized spacial score (nSPS) is 45.4. The van der Waals surface area contributed by atoms with E-state index in [-0.39, 0.29) is 58.6 Å². The maximum atomic E-state index is 13.4. The molecule has 0 unspecified atom stereocenters. The molecule has 4 fully saturated rings. The van der Waals surface area contributed by atoms with Gasteiger partial charge < -0.3 is 24.8 Å². The Hall–Kier alpha value is -1.18. The predicted octanol–water partition coefficient (Wildman–Crippen LogP) is 5.35. The summed E-state index contributed by atoms with van der Waals surface area (Å²) in [6, 6.07) is 0. The number of aliphatic carboxylic acids is 1. The molecule has 4 rings (SSSR count). The lowest BCUT2D eigenvalue weighted by Crippen LogP contribution is -2.69. The maximum absolute atomic E-state index is 13.4. The van der Waals surface area contributed by atoms with Gasteiger partial charge in [-0.2, -0.15) is 0 Å². The number of carboxylic acid groups (broad SMARTS) is 1. The lowest BCUT2D eigenvalue weighted by atomic mass is 9.34. The average Bonchev–Trinajstić information content (AvgIpc) is 2.81. The Bertz CT molecular complexity index is 933. The van der Waals surface area contributed by atoms with Crippen molar-refractivity contribution in [3.63, 3.8) is 0 Å². The zero-order chi connectivity index (χ0) is 28.5. The van der Waals surface area contributed by atoms with Gasteiger partial charge in [-0.3, -0.25) is 9.59 Å². The first-order valence-electron chi connectivity index (χ1n) is 14.8. The van der Waals surface area contributed by atoms with Gasteiger partial charge in [0.15, 0.2) is 0 Å². The highest BCUT2D eigenvalue weighted by Crippen LogP contribution is 2.74. The van der Waals surface area contributed by atoms with E-state index in [0.29, 0.717) is 25.7 Å². The first-order valence-corrected chi connectivity index (χ1v) is 14.8. The molecule has 9 atom stereocenters. The number of hydrogen-bond donors (Lipinski definition) is 3. The van der Waals surface area contributed by atoms with E-state index in [1.54, 1.807) is 13.8 Å². The number of esters is 1. The summed E-state index contributed by atoms with van der Waals surface area (Å²) in [5.74, 6) is -0.593. The number of hydrogen-bond acceptors (Lipinski definition) is 6. The molecule has 4 aliphatic rings. The van der Waals surface area contributed by atoms with E-state index in [4.69, 9.17) is 9.47 Å². The van der Waals surface area contributed by atoms with Gasteiger partial charge >= 0.3 is 11.9 Å². The quantitative estimate of drug-likeness (QED) is 0.392. The topological polar surface area (TPSA) is 113 Å². The fourth-order valence-corrected chi connectivity index (χ4v) is 10.4. The van der Waals surface area contributed by atoms with Crippen LogP contribution in [0.15, 0.2) is 0 Å². The second-order valence-electron chi connectivity index (χ2n) is 15.1. The number of carbonyl (C=O) groups is 2. The molecule has 0 aromatic carbocycles. The summed E-state index contributed by atoms with van der Waals surface area (Å²) in [5.41, 5.74) is -3.14. The second-order valence-corrected chi connectivity index (χ2v) is 15.1. The molecule has 7 heteroatoms. The summed E-state index contributed by atoms with van der Waals surface area (Å²) >= 11 is 0. The number of carbonyl (C=O) groups excluding carboxylic acids is 1. The Kier molecular flexibility index (Phi) is 7.40. The fourth-order valence-electron chi connectivity index (χ4n) is 10.4. The molecule has 0 spiro atoms. The molecule has 0 amide bonds. The van der Waals surface area contributed by atoms with Gasteiger partial charge in [-0.1, -0.05) is 20.8 Å². The Morgan fingerprint density at radius 1 is 0.895 bits per heavy atom. The summed E-state index contributed by atoms with van der Waals surface area (Å²) in [4.78, 5) is 25.1. The van der Waals surface area contributed by atoms with Crippen LogP contribution in [0.2, 0.25) is 0 Å². The largest absolute Gasteiger partial charge is 0.481 e. The summed E-state index contributed by atoms with van der Waals surface area (Å²) in [7, 11) is 1.47. The van der Waals surface area contributed by atoms with Gasteiger partial charge in [0.1, 0.15) is 0 Å². The molecule has 0 aromatic heterocycles. The van der Waals surface area contributed by atoms with E-state index in [1.165, 1.54) is 7.11 Å². The van der Waals surface area contributed by atoms with Gasteiger partial charge in [0.25, 0.3) is 0 Å². The summed E-state index contributed by atoms with van der Waals surface area (Å²) in [5, 5.41) is 31.8. The molecule has 1 aliphatic heterocycles. The van der Waals surface area contributed by atoms with Gasteiger partial charge in [0.05, 0.1) is 35.9 Å². The standard InChI is InChI=1S/C31H52O7/c1-26(2,35)20-11-15-30(7)21(28(20,5)14-13-23(32)33)10-9-19-24-31(25(34)37-8,18-17-29(19,30)6)16-12-22(38-24)27(3,4)36/h19-22,24,35-36H,9-18H2,1-8H3,(H,32,33)/t19-,20+,21-,22+,24-,28+,29-,30-,31+/m1/s1. The third-order valence-electron chi connectivity index (χ3n) is 12.5. The molecule has 0 bridgehead atoms. The molecule has 1 heterocycles. The van der Waals surface area contributed by atoms with Crippen LogP contribution in [0.25, 0.3) is 0 Å². The van der Waals surface area contributed by atoms with Crippen molar-refractivity contribution >= 4 is 11.9 Å². The molecule has 3 saturated carbocycles. The third kappa shape index (κ3) is 4.34. The van der Waals surface area contributed by atoms with Crippen LogP contribution in [0.3, 0.4) is 0 Å². The average molecular weight is 537 g/mol. The summed E-state index contributed by atoms with van der Waals surface area (Å²) in [6.45, 7) is 14.3. The minimum absolute atomic E-state index is 0.0100. The van der Waals surface area contributed by atoms with Gasteiger partial charge in [0, 0.05) is 6.42 Å². The first-order chi connectivity index (χ1) is 17.4. The molecular formula is C31H52O7. The SMILES string of the molecule is COC(=O)[C@]12CC[C@@H](C(C)(C)O)O[C@@H]1[C@H]1CC[C@@H]3[C@@](C)(CCC(=O)O)[C@H](C(C)(C)O)CC[C@@]3(C)[C@]1(C)CC2. The van der Waals surface area contributed by atoms with E-state index in [1.807, 2.05) is 13.8 Å². The van der Waals surface area contributed by atoms with E-state index in [2.05, 4.69) is 20.8 Å². The highest BCUT2D eigenvalue weighted by molar-refractivity contribution is 5.78. The summed E-state index contributed by atoms with van der Waals surface area (Å²) in [6.07, 6.45) is 6.41. The van der Waals surface area contributed by atoms with Crippen LogP contribution < -0.4 is 0 Å². The number of rotatable bonds is 6. The van der Waals surface area contributed by atoms with Crippen LogP contribution in [0.1, 0.15) is 113 Å². The maximum Gasteiger partial charge on any atom is 0.314 e. The van der Waals surface area contributed by atoms with Crippen LogP contribution in [-0.4, -0.2) is 57.8 Å². The van der Waals surface area contributed by atoms with Crippen molar-refractivity contribution in [1.82, 2.24) is 0 Å². The van der Waals surface area contributed by atoms with Gasteiger partial charge in [0.2, 0.25) is 0 Å². The van der Waals surface area contributed by atoms with Gasteiger partial charge in [-0.05, 0) is 119 Å². The van der Waals surface area contributed by atoms with Crippen molar-refractivity contribution in [2.45, 2.75) is 136 Å². The molecule has 218 valence electrons. The van der Waals surface area contributed by atoms with Crippen molar-refractivity contribution < 1.29 is 34.4 Å². The number of fused-ring (bicyclic) bond motifs is 5. The number of aliphatic hydroxyl groups is 2. The van der Waals surface area contributed by atoms with E-state index >= 15 is 0 Å². The van der Waals surface area contributed by atoms with Crippen molar-refractivity contribution in [2.75, 3.05) is 7.11 Å². The Morgan fingerprint density at radius 2 is 1.55 bits per heavy atom. The summed E-state index contributed by atoms with van der Waals surface area (Å²) < 4.78 is 12.2. The Balaban J connectivity index is 1.77. The lowest BCUT2D eigenvalue weighted by molar-refractivity contribution is -0.285. The van der Waals surface area contributed by atoms with Crippen molar-refractivity contribution in [3.8, 4) is 0 Å². The van der Waals surface area contributed by atoms with Crippen LogP contribution in [-0.2, 0) is 19.1 Å². The predicted molar refractivity (Wildman–Crippen MR) is 144 cm³/mol. The highest BCUT2D eigenvalue weighted by Gasteiger charge is 2.71. The molecule has 0 aromatic rings. The van der Waals surface area contributed by atoms with Crippen LogP contribution in [0.5, 0.6) is 0 Å². The molecule has 1 saturated heterocycles. The molecule has 0 radical (unpaired) electrons. The zero-order valence-corrected chi connectivity index (χ0v) is 24.9. The second kappa shape index (κ2) is 9.44. The van der Waals surface area contributed by atoms with Gasteiger partial charge in [-0.15, -0.1) is 0 Å². The van der Waals surface area contributed by atoms with Crippen molar-refractivity contribution in [2.24, 2.45) is 39.4 Å². The monoisotopic (exact) mass is 536 g/mol. The highest BCUT2D eigenvalue weighted by atomic mass is 16.5. The fraction of sp³-hybridized carbons (Fsp3) is 0.935. The van der Waals surface area contributed by atoms with E-state index < -0.39 is 22.6 Å². The van der Waals surface area contributed by atoms with Crippen molar-refractivity contribution in [3.05, 3.63) is 0 Å². The van der Waals surface area contributed by atoms with E-state index in [0.717, 1.165) is 32.1 Å². The third-order valence-corrected chi connectivity index (χ3v) is 12.5. The molecule has 38 heavy (non-hydrogen) atoms. The minimum Gasteiger partial charge on any atom is -0.481 e. The number of ether oxygens (including phenoxy) is 2. The smallest absolute Gasteiger partial charge is 0.314 e. The van der Waals surface area contributed by atoms with Crippen LogP contribution in [0.4, 0.5) is 0 Å². The Labute approximate surface area is 229 Å². The van der Waals surface area contributed by atoms with Crippen molar-refractivity contribution in [1.29, 1.82) is 0 Å². The molecule has 7 nitrogen and oxygen atoms in total. The molecular weight excluding hydrogens is 484 g/mol. The number of methoxy groups -OCH3 is 1.